The van der Waals surface area contributed by atoms with Gasteiger partial charge < -0.3 is 0 Å². The highest BCUT2D eigenvalue weighted by atomic mass is 19.1. The van der Waals surface area contributed by atoms with E-state index in [1.165, 1.54) is 18.2 Å². The van der Waals surface area contributed by atoms with Crippen molar-refractivity contribution in [3.63, 3.8) is 0 Å². The summed E-state index contributed by atoms with van der Waals surface area (Å²) in [5.41, 5.74) is 7.06. The summed E-state index contributed by atoms with van der Waals surface area (Å²) in [6, 6.07) is 15.3. The number of hydrogen-bond acceptors (Lipinski definition) is 3. The molecule has 3 aromatic rings. The summed E-state index contributed by atoms with van der Waals surface area (Å²) >= 11 is 0. The maximum absolute atomic E-state index is 13.6. The van der Waals surface area contributed by atoms with Gasteiger partial charge in [-0.3, -0.25) is 25.1 Å². The quantitative estimate of drug-likeness (QED) is 0.697. The molecule has 2 amide bonds. The summed E-state index contributed by atoms with van der Waals surface area (Å²) in [7, 11) is 0. The molecular weight excluding hydrogens is 347 g/mol. The Morgan fingerprint density at radius 3 is 2.30 bits per heavy atom. The van der Waals surface area contributed by atoms with E-state index in [1.54, 1.807) is 24.6 Å². The van der Waals surface area contributed by atoms with Crippen LogP contribution in [0.15, 0.2) is 54.6 Å². The Morgan fingerprint density at radius 1 is 0.963 bits per heavy atom. The molecule has 0 aliphatic heterocycles. The molecule has 0 aliphatic carbocycles. The predicted octanol–water partition coefficient (Wildman–Crippen LogP) is 2.76. The summed E-state index contributed by atoms with van der Waals surface area (Å²) in [4.78, 5) is 24.5. The average molecular weight is 366 g/mol. The van der Waals surface area contributed by atoms with Crippen molar-refractivity contribution in [1.29, 1.82) is 0 Å². The van der Waals surface area contributed by atoms with Crippen LogP contribution in [0.3, 0.4) is 0 Å². The Morgan fingerprint density at radius 2 is 1.59 bits per heavy atom. The predicted molar refractivity (Wildman–Crippen MR) is 98.6 cm³/mol. The first-order valence-corrected chi connectivity index (χ1v) is 8.40. The zero-order valence-corrected chi connectivity index (χ0v) is 15.0. The Bertz CT molecular complexity index is 983. The third-order valence-electron chi connectivity index (χ3n) is 4.19. The summed E-state index contributed by atoms with van der Waals surface area (Å²) in [5, 5.41) is 4.41. The van der Waals surface area contributed by atoms with Crippen molar-refractivity contribution in [3.05, 3.63) is 88.5 Å². The van der Waals surface area contributed by atoms with Crippen LogP contribution in [0.1, 0.15) is 37.7 Å². The molecule has 2 N–H and O–H groups in total. The largest absolute Gasteiger partial charge is 0.273 e. The summed E-state index contributed by atoms with van der Waals surface area (Å²) in [5.74, 6) is -1.89. The van der Waals surface area contributed by atoms with Crippen LogP contribution in [0.2, 0.25) is 0 Å². The summed E-state index contributed by atoms with van der Waals surface area (Å²) < 4.78 is 15.4. The Hall–Kier alpha value is -3.48. The van der Waals surface area contributed by atoms with E-state index in [0.29, 0.717) is 23.5 Å². The molecule has 138 valence electrons. The van der Waals surface area contributed by atoms with Crippen molar-refractivity contribution in [3.8, 4) is 0 Å². The van der Waals surface area contributed by atoms with Gasteiger partial charge in [-0.25, -0.2) is 4.39 Å². The minimum absolute atomic E-state index is 0.147. The number of hydrazine groups is 1. The zero-order valence-electron chi connectivity index (χ0n) is 15.0. The molecular formula is C20H19FN4O2. The smallest absolute Gasteiger partial charge is 0.267 e. The van der Waals surface area contributed by atoms with Crippen molar-refractivity contribution in [2.24, 2.45) is 0 Å². The maximum Gasteiger partial charge on any atom is 0.273 e. The van der Waals surface area contributed by atoms with Crippen LogP contribution in [-0.4, -0.2) is 21.6 Å². The molecule has 1 aromatic heterocycles. The number of hydrogen-bond donors (Lipinski definition) is 2. The molecule has 0 saturated heterocycles. The van der Waals surface area contributed by atoms with Crippen molar-refractivity contribution in [2.45, 2.75) is 20.4 Å². The van der Waals surface area contributed by atoms with E-state index in [-0.39, 0.29) is 5.56 Å². The molecule has 1 heterocycles. The molecule has 2 aromatic carbocycles. The fourth-order valence-corrected chi connectivity index (χ4v) is 2.82. The van der Waals surface area contributed by atoms with Crippen LogP contribution >= 0.6 is 0 Å². The van der Waals surface area contributed by atoms with Gasteiger partial charge in [-0.05, 0) is 31.5 Å². The second-order valence-electron chi connectivity index (χ2n) is 6.08. The van der Waals surface area contributed by atoms with Gasteiger partial charge in [-0.1, -0.05) is 42.5 Å². The number of benzene rings is 2. The van der Waals surface area contributed by atoms with Crippen LogP contribution in [-0.2, 0) is 6.54 Å². The monoisotopic (exact) mass is 366 g/mol. The van der Waals surface area contributed by atoms with E-state index in [4.69, 9.17) is 0 Å². The normalized spacial score (nSPS) is 10.5. The molecule has 6 nitrogen and oxygen atoms in total. The molecule has 3 rings (SSSR count). The van der Waals surface area contributed by atoms with Crippen LogP contribution in [0.5, 0.6) is 0 Å². The molecule has 0 atom stereocenters. The van der Waals surface area contributed by atoms with Gasteiger partial charge in [-0.15, -0.1) is 0 Å². The lowest BCUT2D eigenvalue weighted by Crippen LogP contribution is -2.42. The second kappa shape index (κ2) is 7.82. The summed E-state index contributed by atoms with van der Waals surface area (Å²) in [6.07, 6.45) is 0. The first-order valence-electron chi connectivity index (χ1n) is 8.40. The Balaban J connectivity index is 1.72. The fourth-order valence-electron chi connectivity index (χ4n) is 2.82. The standard InChI is InChI=1S/C20H19FN4O2/c1-13-18(14(2)25(24-13)12-15-8-4-3-5-9-15)20(27)23-22-19(26)16-10-6-7-11-17(16)21/h3-11H,12H2,1-2H3,(H,22,26)(H,23,27). The number of aryl methyl sites for hydroxylation is 1. The van der Waals surface area contributed by atoms with E-state index in [0.717, 1.165) is 5.56 Å². The maximum atomic E-state index is 13.6. The Kier molecular flexibility index (Phi) is 5.30. The molecule has 0 spiro atoms. The molecule has 0 radical (unpaired) electrons. The van der Waals surface area contributed by atoms with Gasteiger partial charge in [-0.2, -0.15) is 5.10 Å². The number of amides is 2. The molecule has 27 heavy (non-hydrogen) atoms. The number of carbonyl (C=O) groups excluding carboxylic acids is 2. The zero-order chi connectivity index (χ0) is 19.4. The molecule has 7 heteroatoms. The molecule has 0 unspecified atom stereocenters. The van der Waals surface area contributed by atoms with Crippen molar-refractivity contribution >= 4 is 11.8 Å². The highest BCUT2D eigenvalue weighted by Gasteiger charge is 2.20. The number of rotatable bonds is 4. The van der Waals surface area contributed by atoms with Gasteiger partial charge in [0.2, 0.25) is 0 Å². The topological polar surface area (TPSA) is 76.0 Å². The number of nitrogens with zero attached hydrogens (tertiary/aromatic N) is 2. The van der Waals surface area contributed by atoms with Gasteiger partial charge >= 0.3 is 0 Å². The van der Waals surface area contributed by atoms with Crippen molar-refractivity contribution in [2.75, 3.05) is 0 Å². The average Bonchev–Trinajstić information content (AvgIpc) is 2.94. The molecule has 0 fully saturated rings. The highest BCUT2D eigenvalue weighted by Crippen LogP contribution is 2.14. The van der Waals surface area contributed by atoms with E-state index in [9.17, 15) is 14.0 Å². The van der Waals surface area contributed by atoms with Gasteiger partial charge in [0, 0.05) is 5.69 Å². The van der Waals surface area contributed by atoms with Gasteiger partial charge in [0.1, 0.15) is 5.82 Å². The SMILES string of the molecule is Cc1nn(Cc2ccccc2)c(C)c1C(=O)NNC(=O)c1ccccc1F. The van der Waals surface area contributed by atoms with E-state index >= 15 is 0 Å². The lowest BCUT2D eigenvalue weighted by molar-refractivity contribution is 0.0843. The highest BCUT2D eigenvalue weighted by molar-refractivity contribution is 6.00. The van der Waals surface area contributed by atoms with E-state index < -0.39 is 17.6 Å². The van der Waals surface area contributed by atoms with Gasteiger partial charge in [0.15, 0.2) is 0 Å². The molecule has 0 aliphatic rings. The van der Waals surface area contributed by atoms with E-state index in [1.807, 2.05) is 30.3 Å². The van der Waals surface area contributed by atoms with Gasteiger partial charge in [0.25, 0.3) is 11.8 Å². The lowest BCUT2D eigenvalue weighted by Gasteiger charge is -2.09. The second-order valence-corrected chi connectivity index (χ2v) is 6.08. The number of carbonyl (C=O) groups is 2. The third kappa shape index (κ3) is 4.03. The molecule has 0 saturated carbocycles. The van der Waals surface area contributed by atoms with Crippen LogP contribution < -0.4 is 10.9 Å². The Labute approximate surface area is 156 Å². The lowest BCUT2D eigenvalue weighted by atomic mass is 10.2. The molecule has 0 bridgehead atoms. The first-order chi connectivity index (χ1) is 13.0. The van der Waals surface area contributed by atoms with Gasteiger partial charge in [0.05, 0.1) is 23.4 Å². The van der Waals surface area contributed by atoms with E-state index in [2.05, 4.69) is 16.0 Å². The van der Waals surface area contributed by atoms with Crippen LogP contribution in [0, 0.1) is 19.7 Å². The minimum Gasteiger partial charge on any atom is -0.267 e. The van der Waals surface area contributed by atoms with Crippen LogP contribution in [0.4, 0.5) is 4.39 Å². The van der Waals surface area contributed by atoms with Crippen molar-refractivity contribution in [1.82, 2.24) is 20.6 Å². The number of aromatic nitrogens is 2. The van der Waals surface area contributed by atoms with Crippen LogP contribution in [0.25, 0.3) is 0 Å². The number of nitrogens with one attached hydrogen (secondary N) is 2. The summed E-state index contributed by atoms with van der Waals surface area (Å²) in [6.45, 7) is 4.04. The fraction of sp³-hybridized carbons (Fsp3) is 0.150. The minimum atomic E-state index is -0.728. The van der Waals surface area contributed by atoms with Crippen molar-refractivity contribution < 1.29 is 14.0 Å². The first kappa shape index (κ1) is 18.3. The third-order valence-corrected chi connectivity index (χ3v) is 4.19. The number of halogens is 1.